The van der Waals surface area contributed by atoms with E-state index in [4.69, 9.17) is 16.3 Å². The van der Waals surface area contributed by atoms with Crippen molar-refractivity contribution in [2.45, 2.75) is 19.9 Å². The minimum absolute atomic E-state index is 0.138. The molecule has 9 nitrogen and oxygen atoms in total. The lowest BCUT2D eigenvalue weighted by Gasteiger charge is -2.27. The smallest absolute Gasteiger partial charge is 0.230 e. The van der Waals surface area contributed by atoms with Crippen LogP contribution in [0.25, 0.3) is 0 Å². The summed E-state index contributed by atoms with van der Waals surface area (Å²) in [5, 5.41) is 0.182. The van der Waals surface area contributed by atoms with Gasteiger partial charge in [-0.1, -0.05) is 0 Å². The predicted molar refractivity (Wildman–Crippen MR) is 98.8 cm³/mol. The molecule has 0 saturated carbocycles. The van der Waals surface area contributed by atoms with Crippen molar-refractivity contribution in [3.8, 4) is 0 Å². The summed E-state index contributed by atoms with van der Waals surface area (Å²) in [5.41, 5.74) is 0. The van der Waals surface area contributed by atoms with E-state index in [9.17, 15) is 8.42 Å². The van der Waals surface area contributed by atoms with Crippen molar-refractivity contribution in [2.75, 3.05) is 63.1 Å². The fourth-order valence-corrected chi connectivity index (χ4v) is 4.43. The molecular weight excluding hydrogens is 380 g/mol. The summed E-state index contributed by atoms with van der Waals surface area (Å²) in [5.74, 6) is 1.32. The van der Waals surface area contributed by atoms with Crippen molar-refractivity contribution < 1.29 is 13.2 Å². The molecule has 0 bridgehead atoms. The fourth-order valence-electron chi connectivity index (χ4n) is 3.12. The minimum Gasteiger partial charge on any atom is -0.378 e. The number of anilines is 1. The number of hydrogen-bond donors (Lipinski definition) is 0. The monoisotopic (exact) mass is 404 g/mol. The molecule has 2 saturated heterocycles. The number of hydrogen-bond acceptors (Lipinski definition) is 8. The second-order valence-electron chi connectivity index (χ2n) is 6.35. The fraction of sp³-hybridized carbons (Fsp3) is 0.800. The molecule has 146 valence electrons. The van der Waals surface area contributed by atoms with Gasteiger partial charge in [0.15, 0.2) is 0 Å². The third-order valence-electron chi connectivity index (χ3n) is 4.61. The highest BCUT2D eigenvalue weighted by Crippen LogP contribution is 2.15. The second-order valence-corrected chi connectivity index (χ2v) is 8.95. The van der Waals surface area contributed by atoms with E-state index >= 15 is 0 Å². The molecular formula is C15H25ClN6O3S. The van der Waals surface area contributed by atoms with Crippen LogP contribution in [0.15, 0.2) is 0 Å². The molecule has 3 heterocycles. The second kappa shape index (κ2) is 8.75. The van der Waals surface area contributed by atoms with Crippen LogP contribution in [0.4, 0.5) is 5.95 Å². The molecule has 0 aliphatic carbocycles. The van der Waals surface area contributed by atoms with Crippen molar-refractivity contribution >= 4 is 27.6 Å². The molecule has 1 aromatic rings. The molecule has 0 atom stereocenters. The number of rotatable bonds is 5. The molecule has 0 N–H and O–H groups in total. The van der Waals surface area contributed by atoms with Crippen LogP contribution < -0.4 is 4.90 Å². The summed E-state index contributed by atoms with van der Waals surface area (Å²) in [4.78, 5) is 17.2. The largest absolute Gasteiger partial charge is 0.378 e. The zero-order valence-corrected chi connectivity index (χ0v) is 16.5. The Morgan fingerprint density at radius 1 is 1.04 bits per heavy atom. The Morgan fingerprint density at radius 2 is 1.81 bits per heavy atom. The maximum Gasteiger partial charge on any atom is 0.230 e. The van der Waals surface area contributed by atoms with Gasteiger partial charge in [-0.05, 0) is 31.5 Å². The van der Waals surface area contributed by atoms with Gasteiger partial charge < -0.3 is 9.64 Å². The first-order valence-corrected chi connectivity index (χ1v) is 10.9. The molecule has 0 aromatic carbocycles. The topological polar surface area (TPSA) is 91.8 Å². The van der Waals surface area contributed by atoms with Gasteiger partial charge in [-0.2, -0.15) is 9.97 Å². The molecule has 0 unspecified atom stereocenters. The highest BCUT2D eigenvalue weighted by Gasteiger charge is 2.24. The number of aromatic nitrogens is 3. The van der Waals surface area contributed by atoms with E-state index in [-0.39, 0.29) is 11.0 Å². The number of nitrogens with zero attached hydrogens (tertiary/aromatic N) is 6. The zero-order chi connectivity index (χ0) is 18.6. The summed E-state index contributed by atoms with van der Waals surface area (Å²) < 4.78 is 31.1. The van der Waals surface area contributed by atoms with Crippen LogP contribution in [0.5, 0.6) is 0 Å². The molecule has 2 aliphatic heterocycles. The highest BCUT2D eigenvalue weighted by molar-refractivity contribution is 7.89. The lowest BCUT2D eigenvalue weighted by atomic mass is 10.4. The van der Waals surface area contributed by atoms with Crippen LogP contribution in [0.3, 0.4) is 0 Å². The average Bonchev–Trinajstić information content (AvgIpc) is 2.88. The normalized spacial score (nSPS) is 20.9. The quantitative estimate of drug-likeness (QED) is 0.688. The Morgan fingerprint density at radius 3 is 2.54 bits per heavy atom. The molecule has 2 fully saturated rings. The number of sulfonamides is 1. The van der Waals surface area contributed by atoms with E-state index in [0.717, 1.165) is 26.1 Å². The van der Waals surface area contributed by atoms with Gasteiger partial charge in [-0.15, -0.1) is 0 Å². The minimum atomic E-state index is -3.14. The molecule has 0 spiro atoms. The van der Waals surface area contributed by atoms with Crippen LogP contribution in [-0.4, -0.2) is 90.8 Å². The Bertz CT molecular complexity index is 713. The summed E-state index contributed by atoms with van der Waals surface area (Å²) in [6, 6.07) is 0. The van der Waals surface area contributed by atoms with E-state index in [1.807, 2.05) is 4.90 Å². The van der Waals surface area contributed by atoms with Gasteiger partial charge in [0.25, 0.3) is 0 Å². The lowest BCUT2D eigenvalue weighted by Crippen LogP contribution is -2.38. The SMILES string of the molecule is CCS(=O)(=O)N1CCCN(Cc2nc(Cl)nc(N3CCOCC3)n2)CC1. The maximum atomic E-state index is 12.1. The Kier molecular flexibility index (Phi) is 6.62. The molecule has 3 rings (SSSR count). The first-order valence-electron chi connectivity index (χ1n) is 8.91. The Balaban J connectivity index is 1.66. The van der Waals surface area contributed by atoms with Crippen molar-refractivity contribution in [3.63, 3.8) is 0 Å². The van der Waals surface area contributed by atoms with Crippen molar-refractivity contribution in [2.24, 2.45) is 0 Å². The molecule has 0 amide bonds. The van der Waals surface area contributed by atoms with E-state index < -0.39 is 10.0 Å². The van der Waals surface area contributed by atoms with Gasteiger partial charge in [0.1, 0.15) is 5.82 Å². The van der Waals surface area contributed by atoms with Gasteiger partial charge in [-0.25, -0.2) is 17.7 Å². The lowest BCUT2D eigenvalue weighted by molar-refractivity contribution is 0.122. The third kappa shape index (κ3) is 5.01. The number of halogens is 1. The van der Waals surface area contributed by atoms with Crippen LogP contribution in [0.2, 0.25) is 5.28 Å². The molecule has 1 aromatic heterocycles. The van der Waals surface area contributed by atoms with Crippen LogP contribution in [-0.2, 0) is 21.3 Å². The first kappa shape index (κ1) is 19.7. The maximum absolute atomic E-state index is 12.1. The number of morpholine rings is 1. The first-order chi connectivity index (χ1) is 12.5. The standard InChI is InChI=1S/C15H25ClN6O3S/c1-2-26(23,24)22-5-3-4-20(6-7-22)12-13-17-14(16)19-15(18-13)21-8-10-25-11-9-21/h2-12H2,1H3. The average molecular weight is 405 g/mol. The van der Waals surface area contributed by atoms with E-state index in [1.165, 1.54) is 0 Å². The van der Waals surface area contributed by atoms with Crippen LogP contribution in [0.1, 0.15) is 19.2 Å². The van der Waals surface area contributed by atoms with Crippen molar-refractivity contribution in [3.05, 3.63) is 11.1 Å². The van der Waals surface area contributed by atoms with Crippen molar-refractivity contribution in [1.82, 2.24) is 24.2 Å². The van der Waals surface area contributed by atoms with Crippen LogP contribution >= 0.6 is 11.6 Å². The van der Waals surface area contributed by atoms with E-state index in [2.05, 4.69) is 19.9 Å². The summed E-state index contributed by atoms with van der Waals surface area (Å²) in [6.45, 7) is 7.45. The van der Waals surface area contributed by atoms with Gasteiger partial charge in [0.05, 0.1) is 25.5 Å². The van der Waals surface area contributed by atoms with Crippen molar-refractivity contribution in [1.29, 1.82) is 0 Å². The Labute approximate surface area is 159 Å². The van der Waals surface area contributed by atoms with Crippen LogP contribution in [0, 0.1) is 0 Å². The zero-order valence-electron chi connectivity index (χ0n) is 15.0. The summed E-state index contributed by atoms with van der Waals surface area (Å²) >= 11 is 6.09. The Hall–Kier alpha value is -1.07. The molecule has 26 heavy (non-hydrogen) atoms. The predicted octanol–water partition coefficient (Wildman–Crippen LogP) is 0.219. The molecule has 2 aliphatic rings. The highest BCUT2D eigenvalue weighted by atomic mass is 35.5. The summed E-state index contributed by atoms with van der Waals surface area (Å²) in [6.07, 6.45) is 0.786. The third-order valence-corrected chi connectivity index (χ3v) is 6.66. The molecule has 11 heteroatoms. The van der Waals surface area contributed by atoms with Gasteiger partial charge in [-0.3, -0.25) is 4.90 Å². The van der Waals surface area contributed by atoms with E-state index in [0.29, 0.717) is 51.2 Å². The van der Waals surface area contributed by atoms with Gasteiger partial charge in [0, 0.05) is 32.7 Å². The van der Waals surface area contributed by atoms with Gasteiger partial charge in [0.2, 0.25) is 21.3 Å². The summed E-state index contributed by atoms with van der Waals surface area (Å²) in [7, 11) is -3.14. The van der Waals surface area contributed by atoms with Gasteiger partial charge >= 0.3 is 0 Å². The van der Waals surface area contributed by atoms with E-state index in [1.54, 1.807) is 11.2 Å². The number of ether oxygens (including phenoxy) is 1. The molecule has 0 radical (unpaired) electrons.